The number of carbonyl (C=O) groups is 2. The Morgan fingerprint density at radius 1 is 1.12 bits per heavy atom. The van der Waals surface area contributed by atoms with Gasteiger partial charge in [-0.2, -0.15) is 5.10 Å². The molecule has 1 saturated carbocycles. The lowest BCUT2D eigenvalue weighted by Crippen LogP contribution is -2.51. The Balaban J connectivity index is 1.39. The van der Waals surface area contributed by atoms with E-state index in [1.807, 2.05) is 9.80 Å². The molecule has 2 fully saturated rings. The van der Waals surface area contributed by atoms with Gasteiger partial charge in [0.1, 0.15) is 0 Å². The summed E-state index contributed by atoms with van der Waals surface area (Å²) in [6.45, 7) is 2.02. The normalized spacial score (nSPS) is 24.2. The number of nitrogens with zero attached hydrogens (tertiary/aromatic N) is 3. The average molecular weight is 345 g/mol. The van der Waals surface area contributed by atoms with Crippen LogP contribution in [0.1, 0.15) is 50.6 Å². The molecule has 2 aliphatic heterocycles. The van der Waals surface area contributed by atoms with Crippen LogP contribution in [0.4, 0.5) is 10.5 Å². The number of carbonyl (C=O) groups excluding carboxylic acids is 2. The SMILES string of the molecule is O=C(NC1CCCC1)N1CCC[C@@H](C(=O)N2CCCc3[nH]ncc32)C1. The van der Waals surface area contributed by atoms with E-state index in [2.05, 4.69) is 15.5 Å². The minimum absolute atomic E-state index is 0.00652. The van der Waals surface area contributed by atoms with Crippen LogP contribution in [0.2, 0.25) is 0 Å². The maximum atomic E-state index is 13.1. The van der Waals surface area contributed by atoms with Gasteiger partial charge in [-0.05, 0) is 38.5 Å². The van der Waals surface area contributed by atoms with Crippen molar-refractivity contribution in [1.82, 2.24) is 20.4 Å². The monoisotopic (exact) mass is 345 g/mol. The van der Waals surface area contributed by atoms with Crippen LogP contribution in [0.25, 0.3) is 0 Å². The smallest absolute Gasteiger partial charge is 0.317 e. The molecule has 4 rings (SSSR count). The van der Waals surface area contributed by atoms with Gasteiger partial charge in [-0.1, -0.05) is 12.8 Å². The summed E-state index contributed by atoms with van der Waals surface area (Å²) in [5.74, 6) is 0.0321. The number of amides is 3. The molecule has 1 aliphatic carbocycles. The summed E-state index contributed by atoms with van der Waals surface area (Å²) < 4.78 is 0. The third-order valence-electron chi connectivity index (χ3n) is 5.80. The van der Waals surface area contributed by atoms with Gasteiger partial charge < -0.3 is 15.1 Å². The fourth-order valence-electron chi connectivity index (χ4n) is 4.41. The van der Waals surface area contributed by atoms with Crippen molar-refractivity contribution in [2.24, 2.45) is 5.92 Å². The highest BCUT2D eigenvalue weighted by molar-refractivity contribution is 5.96. The number of urea groups is 1. The Hall–Kier alpha value is -2.05. The fourth-order valence-corrected chi connectivity index (χ4v) is 4.41. The zero-order valence-electron chi connectivity index (χ0n) is 14.7. The predicted molar refractivity (Wildman–Crippen MR) is 94.3 cm³/mol. The van der Waals surface area contributed by atoms with Crippen molar-refractivity contribution in [1.29, 1.82) is 0 Å². The molecule has 1 atom stereocenters. The first-order valence-electron chi connectivity index (χ1n) is 9.61. The Bertz CT molecular complexity index is 637. The van der Waals surface area contributed by atoms with Gasteiger partial charge >= 0.3 is 6.03 Å². The quantitative estimate of drug-likeness (QED) is 0.861. The summed E-state index contributed by atoms with van der Waals surface area (Å²) in [5, 5.41) is 10.2. The minimum atomic E-state index is -0.107. The molecule has 3 aliphatic rings. The Kier molecular flexibility index (Phi) is 4.63. The molecule has 7 nitrogen and oxygen atoms in total. The third-order valence-corrected chi connectivity index (χ3v) is 5.80. The average Bonchev–Trinajstić information content (AvgIpc) is 3.32. The topological polar surface area (TPSA) is 81.3 Å². The van der Waals surface area contributed by atoms with Gasteiger partial charge in [-0.3, -0.25) is 9.89 Å². The molecule has 136 valence electrons. The molecule has 3 amide bonds. The van der Waals surface area contributed by atoms with Crippen molar-refractivity contribution in [3.05, 3.63) is 11.9 Å². The summed E-state index contributed by atoms with van der Waals surface area (Å²) in [6, 6.07) is 0.325. The lowest BCUT2D eigenvalue weighted by Gasteiger charge is -2.36. The van der Waals surface area contributed by atoms with E-state index in [9.17, 15) is 9.59 Å². The molecule has 3 heterocycles. The molecule has 0 aromatic carbocycles. The van der Waals surface area contributed by atoms with Gasteiger partial charge in [-0.25, -0.2) is 4.79 Å². The summed E-state index contributed by atoms with van der Waals surface area (Å²) >= 11 is 0. The zero-order chi connectivity index (χ0) is 17.2. The van der Waals surface area contributed by atoms with E-state index >= 15 is 0 Å². The van der Waals surface area contributed by atoms with Crippen molar-refractivity contribution < 1.29 is 9.59 Å². The highest BCUT2D eigenvalue weighted by atomic mass is 16.2. The Labute approximate surface area is 148 Å². The van der Waals surface area contributed by atoms with Crippen LogP contribution >= 0.6 is 0 Å². The van der Waals surface area contributed by atoms with Crippen molar-refractivity contribution in [3.63, 3.8) is 0 Å². The number of fused-ring (bicyclic) bond motifs is 1. The van der Waals surface area contributed by atoms with E-state index in [1.165, 1.54) is 12.8 Å². The second-order valence-corrected chi connectivity index (χ2v) is 7.54. The van der Waals surface area contributed by atoms with Crippen molar-refractivity contribution >= 4 is 17.6 Å². The number of hydrogen-bond acceptors (Lipinski definition) is 3. The van der Waals surface area contributed by atoms with E-state index in [0.29, 0.717) is 12.6 Å². The lowest BCUT2D eigenvalue weighted by atomic mass is 9.95. The number of anilines is 1. The third kappa shape index (κ3) is 3.37. The van der Waals surface area contributed by atoms with Crippen LogP contribution in [-0.4, -0.2) is 52.7 Å². The highest BCUT2D eigenvalue weighted by Crippen LogP contribution is 2.28. The number of aromatic nitrogens is 2. The zero-order valence-corrected chi connectivity index (χ0v) is 14.7. The van der Waals surface area contributed by atoms with Gasteiger partial charge in [0, 0.05) is 25.7 Å². The second-order valence-electron chi connectivity index (χ2n) is 7.54. The first-order valence-corrected chi connectivity index (χ1v) is 9.61. The van der Waals surface area contributed by atoms with E-state index in [4.69, 9.17) is 0 Å². The molecule has 1 saturated heterocycles. The molecule has 2 N–H and O–H groups in total. The standard InChI is InChI=1S/C18H27N5O2/c24-17(23-10-4-8-15-16(23)11-19-21-15)13-5-3-9-22(12-13)18(25)20-14-6-1-2-7-14/h11,13-14H,1-10,12H2,(H,19,21)(H,20,25)/t13-/m1/s1. The van der Waals surface area contributed by atoms with Crippen LogP contribution < -0.4 is 10.2 Å². The number of aryl methyl sites for hydroxylation is 1. The van der Waals surface area contributed by atoms with Crippen LogP contribution in [0.5, 0.6) is 0 Å². The first kappa shape index (κ1) is 16.4. The largest absolute Gasteiger partial charge is 0.335 e. The number of nitrogens with one attached hydrogen (secondary N) is 2. The van der Waals surface area contributed by atoms with Crippen molar-refractivity contribution in [3.8, 4) is 0 Å². The number of hydrogen-bond donors (Lipinski definition) is 2. The molecule has 0 unspecified atom stereocenters. The Morgan fingerprint density at radius 2 is 1.96 bits per heavy atom. The van der Waals surface area contributed by atoms with Crippen molar-refractivity contribution in [2.75, 3.05) is 24.5 Å². The maximum Gasteiger partial charge on any atom is 0.317 e. The van der Waals surface area contributed by atoms with Crippen LogP contribution in [-0.2, 0) is 11.2 Å². The molecular formula is C18H27N5O2. The van der Waals surface area contributed by atoms with Gasteiger partial charge in [0.15, 0.2) is 0 Å². The number of rotatable bonds is 2. The molecule has 1 aromatic heterocycles. The first-order chi connectivity index (χ1) is 12.2. The number of H-pyrrole nitrogens is 1. The van der Waals surface area contributed by atoms with Crippen LogP contribution in [0.3, 0.4) is 0 Å². The molecule has 7 heteroatoms. The van der Waals surface area contributed by atoms with E-state index < -0.39 is 0 Å². The van der Waals surface area contributed by atoms with E-state index in [1.54, 1.807) is 6.20 Å². The van der Waals surface area contributed by atoms with Gasteiger partial charge in [0.2, 0.25) is 5.91 Å². The molecular weight excluding hydrogens is 318 g/mol. The van der Waals surface area contributed by atoms with E-state index in [-0.39, 0.29) is 17.9 Å². The summed E-state index contributed by atoms with van der Waals surface area (Å²) in [6.07, 6.45) is 9.97. The van der Waals surface area contributed by atoms with Gasteiger partial charge in [-0.15, -0.1) is 0 Å². The number of likely N-dealkylation sites (tertiary alicyclic amines) is 1. The molecule has 0 bridgehead atoms. The number of aromatic amines is 1. The van der Waals surface area contributed by atoms with Gasteiger partial charge in [0.05, 0.1) is 23.5 Å². The number of piperidine rings is 1. The maximum absolute atomic E-state index is 13.1. The summed E-state index contributed by atoms with van der Waals surface area (Å²) in [5.41, 5.74) is 1.97. The summed E-state index contributed by atoms with van der Waals surface area (Å²) in [7, 11) is 0. The van der Waals surface area contributed by atoms with Crippen LogP contribution in [0, 0.1) is 5.92 Å². The molecule has 0 spiro atoms. The predicted octanol–water partition coefficient (Wildman–Crippen LogP) is 2.05. The summed E-state index contributed by atoms with van der Waals surface area (Å²) in [4.78, 5) is 29.3. The van der Waals surface area contributed by atoms with Crippen molar-refractivity contribution in [2.45, 2.75) is 57.4 Å². The lowest BCUT2D eigenvalue weighted by molar-refractivity contribution is -0.123. The van der Waals surface area contributed by atoms with Crippen LogP contribution in [0.15, 0.2) is 6.20 Å². The minimum Gasteiger partial charge on any atom is -0.335 e. The fraction of sp³-hybridized carbons (Fsp3) is 0.722. The molecule has 1 aromatic rings. The Morgan fingerprint density at radius 3 is 2.80 bits per heavy atom. The second kappa shape index (κ2) is 7.06. The highest BCUT2D eigenvalue weighted by Gasteiger charge is 2.34. The van der Waals surface area contributed by atoms with E-state index in [0.717, 1.165) is 63.0 Å². The molecule has 0 radical (unpaired) electrons. The molecule has 25 heavy (non-hydrogen) atoms. The van der Waals surface area contributed by atoms with Gasteiger partial charge in [0.25, 0.3) is 0 Å².